The van der Waals surface area contributed by atoms with Crippen molar-refractivity contribution < 1.29 is 4.74 Å². The van der Waals surface area contributed by atoms with Crippen molar-refractivity contribution >= 4 is 11.8 Å². The average molecular weight is 266 g/mol. The lowest BCUT2D eigenvalue weighted by Gasteiger charge is -2.08. The Balaban J connectivity index is 1.79. The van der Waals surface area contributed by atoms with Gasteiger partial charge in [-0.25, -0.2) is 4.98 Å². The summed E-state index contributed by atoms with van der Waals surface area (Å²) in [5.41, 5.74) is 2.58. The third-order valence-electron chi connectivity index (χ3n) is 2.99. The normalized spacial score (nSPS) is 15.0. The van der Waals surface area contributed by atoms with Crippen LogP contribution in [0.2, 0.25) is 0 Å². The number of aryl methyl sites for hydroxylation is 1. The van der Waals surface area contributed by atoms with E-state index in [1.54, 1.807) is 7.11 Å². The molecule has 3 nitrogen and oxygen atoms in total. The lowest BCUT2D eigenvalue weighted by molar-refractivity contribution is 0.200. The number of ether oxygens (including phenoxy) is 1. The highest BCUT2D eigenvalue weighted by atomic mass is 32.2. The topological polar surface area (TPSA) is 34.1 Å². The van der Waals surface area contributed by atoms with Crippen LogP contribution in [-0.2, 0) is 11.3 Å². The number of hydrogen-bond donors (Lipinski definition) is 1. The molecule has 1 N–H and O–H groups in total. The molecule has 1 aliphatic carbocycles. The molecule has 0 bridgehead atoms. The maximum absolute atomic E-state index is 5.05. The molecular formula is C14H22N2OS. The number of rotatable bonds is 8. The number of methoxy groups -OCH3 is 1. The summed E-state index contributed by atoms with van der Waals surface area (Å²) < 4.78 is 5.05. The van der Waals surface area contributed by atoms with Crippen molar-refractivity contribution in [3.63, 3.8) is 0 Å². The highest BCUT2D eigenvalue weighted by Crippen LogP contribution is 2.22. The summed E-state index contributed by atoms with van der Waals surface area (Å²) in [6, 6.07) is 3.01. The molecule has 0 unspecified atom stereocenters. The van der Waals surface area contributed by atoms with E-state index < -0.39 is 0 Å². The summed E-state index contributed by atoms with van der Waals surface area (Å²) in [5, 5.41) is 4.67. The summed E-state index contributed by atoms with van der Waals surface area (Å²) in [4.78, 5) is 4.56. The van der Waals surface area contributed by atoms with Gasteiger partial charge >= 0.3 is 0 Å². The van der Waals surface area contributed by atoms with Crippen molar-refractivity contribution in [1.29, 1.82) is 0 Å². The Labute approximate surface area is 114 Å². The van der Waals surface area contributed by atoms with Gasteiger partial charge in [0.2, 0.25) is 0 Å². The molecule has 1 aromatic heterocycles. The molecule has 0 aliphatic heterocycles. The summed E-state index contributed by atoms with van der Waals surface area (Å²) in [6.07, 6.45) is 5.74. The first kappa shape index (κ1) is 13.8. The van der Waals surface area contributed by atoms with Gasteiger partial charge in [0.05, 0.1) is 5.03 Å². The quantitative estimate of drug-likeness (QED) is 0.579. The second-order valence-corrected chi connectivity index (χ2v) is 5.90. The standard InChI is InChI=1S/C14H22N2OS/c1-11-8-12(9-15-13-4-5-13)10-16-14(11)18-7-3-6-17-2/h8,10,13,15H,3-7,9H2,1-2H3. The van der Waals surface area contributed by atoms with E-state index >= 15 is 0 Å². The first-order chi connectivity index (χ1) is 8.79. The van der Waals surface area contributed by atoms with Crippen molar-refractivity contribution in [2.45, 2.75) is 43.8 Å². The molecule has 0 atom stereocenters. The van der Waals surface area contributed by atoms with Gasteiger partial charge in [-0.05, 0) is 37.3 Å². The predicted octanol–water partition coefficient (Wildman–Crippen LogP) is 2.77. The number of nitrogens with one attached hydrogen (secondary N) is 1. The van der Waals surface area contributed by atoms with Crippen LogP contribution in [0, 0.1) is 6.92 Å². The van der Waals surface area contributed by atoms with Gasteiger partial charge in [0.25, 0.3) is 0 Å². The lowest BCUT2D eigenvalue weighted by Crippen LogP contribution is -2.15. The summed E-state index contributed by atoms with van der Waals surface area (Å²) in [5.74, 6) is 1.07. The summed E-state index contributed by atoms with van der Waals surface area (Å²) >= 11 is 1.82. The van der Waals surface area contributed by atoms with Gasteiger partial charge in [0.15, 0.2) is 0 Å². The van der Waals surface area contributed by atoms with Crippen LogP contribution in [0.1, 0.15) is 30.4 Å². The minimum Gasteiger partial charge on any atom is -0.385 e. The van der Waals surface area contributed by atoms with Gasteiger partial charge in [-0.2, -0.15) is 0 Å². The Morgan fingerprint density at radius 2 is 2.33 bits per heavy atom. The van der Waals surface area contributed by atoms with Crippen LogP contribution in [0.5, 0.6) is 0 Å². The third-order valence-corrected chi connectivity index (χ3v) is 4.18. The van der Waals surface area contributed by atoms with Gasteiger partial charge in [0.1, 0.15) is 0 Å². The van der Waals surface area contributed by atoms with E-state index in [0.717, 1.165) is 36.4 Å². The molecule has 0 radical (unpaired) electrons. The zero-order valence-corrected chi connectivity index (χ0v) is 12.1. The SMILES string of the molecule is COCCCSc1ncc(CNC2CC2)cc1C. The highest BCUT2D eigenvalue weighted by Gasteiger charge is 2.19. The smallest absolute Gasteiger partial charge is 0.0989 e. The second-order valence-electron chi connectivity index (χ2n) is 4.82. The zero-order chi connectivity index (χ0) is 12.8. The molecule has 0 amide bonds. The molecule has 0 aromatic carbocycles. The summed E-state index contributed by atoms with van der Waals surface area (Å²) in [7, 11) is 1.75. The van der Waals surface area contributed by atoms with E-state index in [2.05, 4.69) is 23.3 Å². The Morgan fingerprint density at radius 1 is 1.50 bits per heavy atom. The van der Waals surface area contributed by atoms with Gasteiger partial charge < -0.3 is 10.1 Å². The molecule has 0 spiro atoms. The maximum atomic E-state index is 5.05. The molecule has 1 aromatic rings. The van der Waals surface area contributed by atoms with Crippen LogP contribution in [0.3, 0.4) is 0 Å². The number of pyridine rings is 1. The van der Waals surface area contributed by atoms with Gasteiger partial charge in [-0.15, -0.1) is 11.8 Å². The maximum Gasteiger partial charge on any atom is 0.0989 e. The van der Waals surface area contributed by atoms with Crippen LogP contribution in [0.4, 0.5) is 0 Å². The first-order valence-electron chi connectivity index (χ1n) is 6.60. The fourth-order valence-electron chi connectivity index (χ4n) is 1.79. The number of hydrogen-bond acceptors (Lipinski definition) is 4. The number of aromatic nitrogens is 1. The van der Waals surface area contributed by atoms with E-state index in [9.17, 15) is 0 Å². The number of nitrogens with zero attached hydrogens (tertiary/aromatic N) is 1. The zero-order valence-electron chi connectivity index (χ0n) is 11.2. The fourth-order valence-corrected chi connectivity index (χ4v) is 2.66. The lowest BCUT2D eigenvalue weighted by atomic mass is 10.2. The predicted molar refractivity (Wildman–Crippen MR) is 76.1 cm³/mol. The van der Waals surface area contributed by atoms with E-state index in [-0.39, 0.29) is 0 Å². The molecule has 4 heteroatoms. The van der Waals surface area contributed by atoms with Crippen LogP contribution in [-0.4, -0.2) is 30.5 Å². The largest absolute Gasteiger partial charge is 0.385 e. The van der Waals surface area contributed by atoms with E-state index in [1.807, 2.05) is 18.0 Å². The average Bonchev–Trinajstić information content (AvgIpc) is 3.18. The van der Waals surface area contributed by atoms with E-state index in [1.165, 1.54) is 24.0 Å². The molecule has 2 rings (SSSR count). The molecule has 1 saturated carbocycles. The Kier molecular flexibility index (Phi) is 5.47. The van der Waals surface area contributed by atoms with Gasteiger partial charge in [-0.3, -0.25) is 0 Å². The molecule has 1 fully saturated rings. The molecule has 0 saturated heterocycles. The van der Waals surface area contributed by atoms with Crippen LogP contribution in [0.15, 0.2) is 17.3 Å². The van der Waals surface area contributed by atoms with E-state index in [4.69, 9.17) is 4.74 Å². The van der Waals surface area contributed by atoms with Gasteiger partial charge in [-0.1, -0.05) is 6.07 Å². The van der Waals surface area contributed by atoms with E-state index in [0.29, 0.717) is 0 Å². The Bertz CT molecular complexity index is 380. The van der Waals surface area contributed by atoms with Gasteiger partial charge in [0, 0.05) is 38.3 Å². The molecule has 18 heavy (non-hydrogen) atoms. The Morgan fingerprint density at radius 3 is 3.00 bits per heavy atom. The highest BCUT2D eigenvalue weighted by molar-refractivity contribution is 7.99. The fraction of sp³-hybridized carbons (Fsp3) is 0.643. The monoisotopic (exact) mass is 266 g/mol. The van der Waals surface area contributed by atoms with Crippen molar-refractivity contribution in [2.75, 3.05) is 19.5 Å². The van der Waals surface area contributed by atoms with Crippen molar-refractivity contribution in [1.82, 2.24) is 10.3 Å². The van der Waals surface area contributed by atoms with Crippen molar-refractivity contribution in [3.05, 3.63) is 23.4 Å². The van der Waals surface area contributed by atoms with Crippen molar-refractivity contribution in [3.8, 4) is 0 Å². The first-order valence-corrected chi connectivity index (χ1v) is 7.59. The van der Waals surface area contributed by atoms with Crippen LogP contribution < -0.4 is 5.32 Å². The second kappa shape index (κ2) is 7.12. The molecule has 1 aliphatic rings. The third kappa shape index (κ3) is 4.59. The van der Waals surface area contributed by atoms with Crippen LogP contribution >= 0.6 is 11.8 Å². The van der Waals surface area contributed by atoms with Crippen LogP contribution in [0.25, 0.3) is 0 Å². The minimum atomic E-state index is 0.758. The minimum absolute atomic E-state index is 0.758. The molecular weight excluding hydrogens is 244 g/mol. The van der Waals surface area contributed by atoms with Crippen molar-refractivity contribution in [2.24, 2.45) is 0 Å². The molecule has 100 valence electrons. The molecule has 1 heterocycles. The Hall–Kier alpha value is -0.580. The number of thioether (sulfide) groups is 1. The summed E-state index contributed by atoms with van der Waals surface area (Å²) in [6.45, 7) is 3.93.